The van der Waals surface area contributed by atoms with Crippen molar-refractivity contribution < 1.29 is 13.2 Å². The molecule has 1 saturated heterocycles. The van der Waals surface area contributed by atoms with Crippen molar-refractivity contribution in [3.05, 3.63) is 0 Å². The highest BCUT2D eigenvalue weighted by atomic mass is 32.2. The third kappa shape index (κ3) is 5.51. The molecule has 6 heteroatoms. The molecule has 1 saturated carbocycles. The molecule has 0 unspecified atom stereocenters. The number of hydrogen-bond acceptors (Lipinski definition) is 4. The molecule has 0 aromatic rings. The van der Waals surface area contributed by atoms with Gasteiger partial charge in [0.1, 0.15) is 0 Å². The number of nitrogens with one attached hydrogen (secondary N) is 1. The first kappa shape index (κ1) is 17.2. The first-order valence-corrected chi connectivity index (χ1v) is 9.62. The van der Waals surface area contributed by atoms with E-state index in [0.29, 0.717) is 19.1 Å². The average molecular weight is 318 g/mol. The van der Waals surface area contributed by atoms with E-state index in [4.69, 9.17) is 4.74 Å². The van der Waals surface area contributed by atoms with Crippen LogP contribution in [-0.4, -0.2) is 55.4 Å². The third-order valence-corrected chi connectivity index (χ3v) is 5.75. The topological polar surface area (TPSA) is 58.6 Å². The highest BCUT2D eigenvalue weighted by Gasteiger charge is 2.42. The third-order valence-electron chi connectivity index (χ3n) is 3.90. The van der Waals surface area contributed by atoms with E-state index in [2.05, 4.69) is 5.32 Å². The zero-order valence-corrected chi connectivity index (χ0v) is 14.6. The molecule has 0 aromatic carbocycles. The standard InChI is InChI=1S/C15H30N2O3S/c1-14(2)11-17(12-15(3,4)20-14)21(18,19)10-6-5-9-16-13-7-8-13/h13,16H,5-12H2,1-4H3. The molecule has 21 heavy (non-hydrogen) atoms. The van der Waals surface area contributed by atoms with E-state index < -0.39 is 21.2 Å². The largest absolute Gasteiger partial charge is 0.367 e. The Bertz CT molecular complexity index is 440. The Morgan fingerprint density at radius 2 is 1.67 bits per heavy atom. The molecule has 0 spiro atoms. The van der Waals surface area contributed by atoms with E-state index in [1.165, 1.54) is 12.8 Å². The lowest BCUT2D eigenvalue weighted by Crippen LogP contribution is -2.58. The van der Waals surface area contributed by atoms with Crippen LogP contribution in [0, 0.1) is 0 Å². The fourth-order valence-electron chi connectivity index (χ4n) is 3.05. The molecule has 0 aromatic heterocycles. The van der Waals surface area contributed by atoms with Crippen molar-refractivity contribution in [1.29, 1.82) is 0 Å². The van der Waals surface area contributed by atoms with Crippen LogP contribution in [0.25, 0.3) is 0 Å². The minimum absolute atomic E-state index is 0.242. The fourth-order valence-corrected chi connectivity index (χ4v) is 4.89. The molecule has 2 fully saturated rings. The van der Waals surface area contributed by atoms with E-state index in [-0.39, 0.29) is 5.75 Å². The quantitative estimate of drug-likeness (QED) is 0.727. The van der Waals surface area contributed by atoms with Crippen molar-refractivity contribution in [1.82, 2.24) is 9.62 Å². The molecule has 0 bridgehead atoms. The summed E-state index contributed by atoms with van der Waals surface area (Å²) in [6, 6.07) is 0.697. The minimum Gasteiger partial charge on any atom is -0.367 e. The number of nitrogens with zero attached hydrogens (tertiary/aromatic N) is 1. The summed E-state index contributed by atoms with van der Waals surface area (Å²) in [7, 11) is -3.18. The number of unbranched alkanes of at least 4 members (excludes halogenated alkanes) is 1. The van der Waals surface area contributed by atoms with Gasteiger partial charge >= 0.3 is 0 Å². The van der Waals surface area contributed by atoms with Crippen molar-refractivity contribution in [3.8, 4) is 0 Å². The fraction of sp³-hybridized carbons (Fsp3) is 1.00. The van der Waals surface area contributed by atoms with Crippen molar-refractivity contribution in [2.24, 2.45) is 0 Å². The van der Waals surface area contributed by atoms with E-state index in [0.717, 1.165) is 19.4 Å². The Hall–Kier alpha value is -0.170. The molecule has 1 aliphatic heterocycles. The molecule has 1 aliphatic carbocycles. The second-order valence-corrected chi connectivity index (χ2v) is 9.73. The second-order valence-electron chi connectivity index (χ2n) is 7.64. The van der Waals surface area contributed by atoms with E-state index in [1.807, 2.05) is 27.7 Å². The summed E-state index contributed by atoms with van der Waals surface area (Å²) >= 11 is 0. The lowest BCUT2D eigenvalue weighted by Gasteiger charge is -2.46. The van der Waals surface area contributed by atoms with Crippen LogP contribution in [0.5, 0.6) is 0 Å². The first-order chi connectivity index (χ1) is 9.60. The molecule has 0 amide bonds. The Balaban J connectivity index is 1.82. The van der Waals surface area contributed by atoms with Gasteiger partial charge in [-0.15, -0.1) is 0 Å². The summed E-state index contributed by atoms with van der Waals surface area (Å²) in [5.74, 6) is 0.242. The van der Waals surface area contributed by atoms with Gasteiger partial charge in [0.05, 0.1) is 17.0 Å². The second kappa shape index (κ2) is 6.14. The maximum Gasteiger partial charge on any atom is 0.214 e. The van der Waals surface area contributed by atoms with Gasteiger partial charge in [-0.3, -0.25) is 0 Å². The first-order valence-electron chi connectivity index (χ1n) is 8.01. The SMILES string of the molecule is CC1(C)CN(S(=O)(=O)CCCCNC2CC2)CC(C)(C)O1. The molecular formula is C15H30N2O3S. The number of hydrogen-bond donors (Lipinski definition) is 1. The lowest BCUT2D eigenvalue weighted by molar-refractivity contribution is -0.163. The summed E-state index contributed by atoms with van der Waals surface area (Å²) in [5.41, 5.74) is -0.856. The van der Waals surface area contributed by atoms with Crippen LogP contribution in [0.4, 0.5) is 0 Å². The Kier molecular flexibility index (Phi) is 5.03. The molecule has 0 atom stereocenters. The van der Waals surface area contributed by atoms with Gasteiger partial charge in [-0.2, -0.15) is 4.31 Å². The van der Waals surface area contributed by atoms with Crippen LogP contribution in [-0.2, 0) is 14.8 Å². The lowest BCUT2D eigenvalue weighted by atomic mass is 10.0. The van der Waals surface area contributed by atoms with Crippen LogP contribution in [0.2, 0.25) is 0 Å². The van der Waals surface area contributed by atoms with Gasteiger partial charge in [0.25, 0.3) is 0 Å². The van der Waals surface area contributed by atoms with Crippen LogP contribution in [0.1, 0.15) is 53.4 Å². The number of sulfonamides is 1. The van der Waals surface area contributed by atoms with Crippen molar-refractivity contribution >= 4 is 10.0 Å². The molecule has 1 N–H and O–H groups in total. The van der Waals surface area contributed by atoms with Gasteiger partial charge in [0, 0.05) is 19.1 Å². The summed E-state index contributed by atoms with van der Waals surface area (Å²) in [6.45, 7) is 9.64. The zero-order chi connectivity index (χ0) is 15.7. The maximum absolute atomic E-state index is 12.5. The molecular weight excluding hydrogens is 288 g/mol. The predicted octanol–water partition coefficient (Wildman–Crippen LogP) is 1.74. The van der Waals surface area contributed by atoms with Crippen LogP contribution >= 0.6 is 0 Å². The number of ether oxygens (including phenoxy) is 1. The monoisotopic (exact) mass is 318 g/mol. The molecule has 5 nitrogen and oxygen atoms in total. The van der Waals surface area contributed by atoms with Gasteiger partial charge in [0.15, 0.2) is 0 Å². The van der Waals surface area contributed by atoms with Crippen molar-refractivity contribution in [2.45, 2.75) is 70.6 Å². The normalized spacial score (nSPS) is 25.9. The summed E-state index contributed by atoms with van der Waals surface area (Å²) < 4.78 is 32.6. The van der Waals surface area contributed by atoms with Crippen LogP contribution in [0.3, 0.4) is 0 Å². The van der Waals surface area contributed by atoms with Crippen LogP contribution < -0.4 is 5.32 Å². The van der Waals surface area contributed by atoms with Crippen molar-refractivity contribution in [2.75, 3.05) is 25.4 Å². The predicted molar refractivity (Wildman–Crippen MR) is 84.9 cm³/mol. The van der Waals surface area contributed by atoms with Gasteiger partial charge in [-0.25, -0.2) is 8.42 Å². The van der Waals surface area contributed by atoms with E-state index >= 15 is 0 Å². The number of rotatable bonds is 7. The van der Waals surface area contributed by atoms with Gasteiger partial charge in [-0.1, -0.05) is 0 Å². The Labute approximate surface area is 129 Å². The van der Waals surface area contributed by atoms with Crippen LogP contribution in [0.15, 0.2) is 0 Å². The smallest absolute Gasteiger partial charge is 0.214 e. The highest BCUT2D eigenvalue weighted by molar-refractivity contribution is 7.89. The molecule has 1 heterocycles. The maximum atomic E-state index is 12.5. The van der Waals surface area contributed by atoms with Gasteiger partial charge < -0.3 is 10.1 Å². The molecule has 2 aliphatic rings. The van der Waals surface area contributed by atoms with Gasteiger partial charge in [0.2, 0.25) is 10.0 Å². The van der Waals surface area contributed by atoms with E-state index in [9.17, 15) is 8.42 Å². The molecule has 0 radical (unpaired) electrons. The summed E-state index contributed by atoms with van der Waals surface area (Å²) in [6.07, 6.45) is 4.19. The zero-order valence-electron chi connectivity index (χ0n) is 13.8. The van der Waals surface area contributed by atoms with Gasteiger partial charge in [-0.05, 0) is 59.9 Å². The Morgan fingerprint density at radius 1 is 1.10 bits per heavy atom. The number of morpholine rings is 1. The molecule has 2 rings (SSSR count). The molecule has 124 valence electrons. The Morgan fingerprint density at radius 3 is 2.19 bits per heavy atom. The summed E-state index contributed by atoms with van der Waals surface area (Å²) in [4.78, 5) is 0. The highest BCUT2D eigenvalue weighted by Crippen LogP contribution is 2.29. The van der Waals surface area contributed by atoms with E-state index in [1.54, 1.807) is 4.31 Å². The minimum atomic E-state index is -3.18. The van der Waals surface area contributed by atoms with Crippen molar-refractivity contribution in [3.63, 3.8) is 0 Å². The summed E-state index contributed by atoms with van der Waals surface area (Å²) in [5, 5.41) is 3.42. The average Bonchev–Trinajstić information content (AvgIpc) is 3.08.